The lowest BCUT2D eigenvalue weighted by molar-refractivity contribution is -0.115. The largest absolute Gasteiger partial charge is 0.310 e. The molecule has 4 rings (SSSR count). The van der Waals surface area contributed by atoms with E-state index in [9.17, 15) is 4.79 Å². The molecule has 1 aliphatic rings. The van der Waals surface area contributed by atoms with Crippen LogP contribution in [0.15, 0.2) is 41.6 Å². The minimum absolute atomic E-state index is 0.108. The molecule has 0 aliphatic heterocycles. The number of benzene rings is 1. The van der Waals surface area contributed by atoms with Gasteiger partial charge in [0, 0.05) is 11.5 Å². The molecule has 1 saturated carbocycles. The third-order valence-electron chi connectivity index (χ3n) is 5.51. The van der Waals surface area contributed by atoms with E-state index in [4.69, 9.17) is 5.10 Å². The van der Waals surface area contributed by atoms with E-state index >= 15 is 0 Å². The third kappa shape index (κ3) is 4.81. The van der Waals surface area contributed by atoms with E-state index in [0.717, 1.165) is 24.2 Å². The molecule has 31 heavy (non-hydrogen) atoms. The summed E-state index contributed by atoms with van der Waals surface area (Å²) >= 11 is 1.39. The molecular formula is C22H29N7OS. The molecule has 1 aliphatic carbocycles. The molecule has 0 saturated heterocycles. The summed E-state index contributed by atoms with van der Waals surface area (Å²) in [4.78, 5) is 13.1. The number of aromatic nitrogens is 6. The van der Waals surface area contributed by atoms with Crippen LogP contribution in [0.2, 0.25) is 0 Å². The summed E-state index contributed by atoms with van der Waals surface area (Å²) in [6, 6.07) is 12.1. The van der Waals surface area contributed by atoms with Gasteiger partial charge >= 0.3 is 0 Å². The fourth-order valence-electron chi connectivity index (χ4n) is 3.68. The molecule has 0 radical (unpaired) electrons. The second-order valence-electron chi connectivity index (χ2n) is 9.01. The number of hydrogen-bond acceptors (Lipinski definition) is 6. The molecule has 1 N–H and O–H groups in total. The van der Waals surface area contributed by atoms with Gasteiger partial charge in [-0.25, -0.2) is 9.36 Å². The van der Waals surface area contributed by atoms with E-state index in [1.807, 2.05) is 48.0 Å². The van der Waals surface area contributed by atoms with Gasteiger partial charge in [-0.1, -0.05) is 63.6 Å². The van der Waals surface area contributed by atoms with Crippen LogP contribution in [0, 0.1) is 0 Å². The van der Waals surface area contributed by atoms with Gasteiger partial charge in [-0.15, -0.1) is 5.10 Å². The fraction of sp³-hybridized carbons (Fsp3) is 0.500. The molecule has 1 amide bonds. The highest BCUT2D eigenvalue weighted by Crippen LogP contribution is 2.33. The van der Waals surface area contributed by atoms with Crippen LogP contribution in [0.3, 0.4) is 0 Å². The topological polar surface area (TPSA) is 90.5 Å². The summed E-state index contributed by atoms with van der Waals surface area (Å²) in [7, 11) is 0. The number of para-hydroxylation sites is 1. The van der Waals surface area contributed by atoms with Gasteiger partial charge in [0.2, 0.25) is 11.1 Å². The van der Waals surface area contributed by atoms with Crippen molar-refractivity contribution in [3.63, 3.8) is 0 Å². The Morgan fingerprint density at radius 1 is 1.19 bits per heavy atom. The molecular weight excluding hydrogens is 410 g/mol. The second-order valence-corrected chi connectivity index (χ2v) is 10.3. The van der Waals surface area contributed by atoms with Crippen LogP contribution in [0.1, 0.15) is 65.1 Å². The van der Waals surface area contributed by atoms with E-state index in [1.165, 1.54) is 24.6 Å². The van der Waals surface area contributed by atoms with Gasteiger partial charge in [0.05, 0.1) is 22.7 Å². The summed E-state index contributed by atoms with van der Waals surface area (Å²) in [5, 5.41) is 20.3. The Morgan fingerprint density at radius 2 is 1.90 bits per heavy atom. The third-order valence-corrected chi connectivity index (χ3v) is 6.56. The first kappa shape index (κ1) is 21.5. The number of carbonyl (C=O) groups excluding carboxylic acids is 1. The maximum absolute atomic E-state index is 13.1. The van der Waals surface area contributed by atoms with Crippen molar-refractivity contribution in [1.82, 2.24) is 30.0 Å². The SMILES string of the molecule is C[C@H](Sc1nnnn1C1CCCC1)C(=O)Nc1cc(C(C)(C)C)nn1-c1ccccc1. The van der Waals surface area contributed by atoms with Crippen LogP contribution in [-0.4, -0.2) is 41.1 Å². The van der Waals surface area contributed by atoms with Crippen LogP contribution in [0.25, 0.3) is 5.69 Å². The Hall–Kier alpha value is -2.68. The van der Waals surface area contributed by atoms with Gasteiger partial charge in [0.25, 0.3) is 0 Å². The highest BCUT2D eigenvalue weighted by atomic mass is 32.2. The Labute approximate surface area is 186 Å². The number of tetrazole rings is 1. The van der Waals surface area contributed by atoms with Crippen molar-refractivity contribution in [3.05, 3.63) is 42.1 Å². The number of rotatable bonds is 6. The van der Waals surface area contributed by atoms with E-state index in [-0.39, 0.29) is 16.6 Å². The number of nitrogens with one attached hydrogen (secondary N) is 1. The second kappa shape index (κ2) is 8.82. The standard InChI is InChI=1S/C22H29N7OS/c1-15(31-21-24-26-27-29(21)17-12-8-9-13-17)20(30)23-19-14-18(22(2,3)4)25-28(19)16-10-6-5-7-11-16/h5-7,10-11,14-15,17H,8-9,12-13H2,1-4H3,(H,23,30)/t15-/m0/s1. The van der Waals surface area contributed by atoms with Gasteiger partial charge < -0.3 is 5.32 Å². The Kier molecular flexibility index (Phi) is 6.13. The fourth-order valence-corrected chi connectivity index (χ4v) is 4.54. The minimum Gasteiger partial charge on any atom is -0.310 e. The van der Waals surface area contributed by atoms with E-state index in [1.54, 1.807) is 4.68 Å². The molecule has 1 fully saturated rings. The number of hydrogen-bond donors (Lipinski definition) is 1. The summed E-state index contributed by atoms with van der Waals surface area (Å²) in [6.07, 6.45) is 4.57. The first-order chi connectivity index (χ1) is 14.8. The lowest BCUT2D eigenvalue weighted by Crippen LogP contribution is -2.24. The van der Waals surface area contributed by atoms with Crippen molar-refractivity contribution in [1.29, 1.82) is 0 Å². The Bertz CT molecular complexity index is 1030. The van der Waals surface area contributed by atoms with E-state index in [0.29, 0.717) is 17.0 Å². The van der Waals surface area contributed by atoms with Crippen LogP contribution in [-0.2, 0) is 10.2 Å². The molecule has 164 valence electrons. The average molecular weight is 440 g/mol. The van der Waals surface area contributed by atoms with Gasteiger partial charge in [0.1, 0.15) is 5.82 Å². The van der Waals surface area contributed by atoms with Gasteiger partial charge in [-0.3, -0.25) is 4.79 Å². The summed E-state index contributed by atoms with van der Waals surface area (Å²) < 4.78 is 3.67. The molecule has 2 aromatic heterocycles. The predicted molar refractivity (Wildman–Crippen MR) is 122 cm³/mol. The van der Waals surface area contributed by atoms with Crippen molar-refractivity contribution < 1.29 is 4.79 Å². The lowest BCUT2D eigenvalue weighted by atomic mass is 9.92. The number of nitrogens with zero attached hydrogens (tertiary/aromatic N) is 6. The van der Waals surface area contributed by atoms with Crippen LogP contribution >= 0.6 is 11.8 Å². The van der Waals surface area contributed by atoms with Crippen molar-refractivity contribution in [2.75, 3.05) is 5.32 Å². The van der Waals surface area contributed by atoms with E-state index in [2.05, 4.69) is 41.6 Å². The molecule has 0 bridgehead atoms. The maximum atomic E-state index is 13.1. The average Bonchev–Trinajstić information content (AvgIpc) is 3.48. The minimum atomic E-state index is -0.358. The molecule has 3 aromatic rings. The predicted octanol–water partition coefficient (Wildman–Crippen LogP) is 4.39. The van der Waals surface area contributed by atoms with Gasteiger partial charge in [0.15, 0.2) is 0 Å². The zero-order valence-corrected chi connectivity index (χ0v) is 19.3. The zero-order chi connectivity index (χ0) is 22.0. The van der Waals surface area contributed by atoms with Crippen molar-refractivity contribution in [2.24, 2.45) is 0 Å². The molecule has 0 unspecified atom stereocenters. The monoisotopic (exact) mass is 439 g/mol. The highest BCUT2D eigenvalue weighted by molar-refractivity contribution is 8.00. The van der Waals surface area contributed by atoms with Gasteiger partial charge in [-0.05, 0) is 42.3 Å². The molecule has 2 heterocycles. The van der Waals surface area contributed by atoms with Crippen LogP contribution < -0.4 is 5.32 Å². The quantitative estimate of drug-likeness (QED) is 0.573. The van der Waals surface area contributed by atoms with E-state index < -0.39 is 0 Å². The Balaban J connectivity index is 1.53. The van der Waals surface area contributed by atoms with Crippen molar-refractivity contribution in [3.8, 4) is 5.69 Å². The van der Waals surface area contributed by atoms with Crippen LogP contribution in [0.4, 0.5) is 5.82 Å². The maximum Gasteiger partial charge on any atom is 0.238 e. The van der Waals surface area contributed by atoms with Crippen LogP contribution in [0.5, 0.6) is 0 Å². The summed E-state index contributed by atoms with van der Waals surface area (Å²) in [5.74, 6) is 0.549. The Morgan fingerprint density at radius 3 is 2.58 bits per heavy atom. The van der Waals surface area contributed by atoms with Gasteiger partial charge in [-0.2, -0.15) is 5.10 Å². The lowest BCUT2D eigenvalue weighted by Gasteiger charge is -2.15. The molecule has 0 spiro atoms. The first-order valence-corrected chi connectivity index (χ1v) is 11.6. The smallest absolute Gasteiger partial charge is 0.238 e. The molecule has 8 nitrogen and oxygen atoms in total. The normalized spacial score (nSPS) is 15.9. The number of anilines is 1. The molecule has 1 aromatic carbocycles. The number of carbonyl (C=O) groups is 1. The van der Waals surface area contributed by atoms with Crippen molar-refractivity contribution in [2.45, 2.75) is 75.2 Å². The first-order valence-electron chi connectivity index (χ1n) is 10.7. The van der Waals surface area contributed by atoms with Crippen molar-refractivity contribution >= 4 is 23.5 Å². The number of amides is 1. The molecule has 9 heteroatoms. The highest BCUT2D eigenvalue weighted by Gasteiger charge is 2.26. The number of thioether (sulfide) groups is 1. The summed E-state index contributed by atoms with van der Waals surface area (Å²) in [6.45, 7) is 8.20. The summed E-state index contributed by atoms with van der Waals surface area (Å²) in [5.41, 5.74) is 1.68. The zero-order valence-electron chi connectivity index (χ0n) is 18.4. The molecule has 1 atom stereocenters.